The van der Waals surface area contributed by atoms with E-state index in [4.69, 9.17) is 0 Å². The molecule has 0 fully saturated rings. The van der Waals surface area contributed by atoms with Gasteiger partial charge < -0.3 is 0 Å². The summed E-state index contributed by atoms with van der Waals surface area (Å²) in [5.41, 5.74) is 5.01. The van der Waals surface area contributed by atoms with E-state index in [0.717, 1.165) is 4.47 Å². The van der Waals surface area contributed by atoms with Crippen molar-refractivity contribution in [3.63, 3.8) is 0 Å². The standard InChI is InChI=1S/C30H19Br/c31-30-26-13-7-6-12-25(26)29(21-9-2-1-3-10-21)28-19-24(16-17-27(28)30)23-15-14-20-8-4-5-11-22(20)18-23/h1-19H. The lowest BCUT2D eigenvalue weighted by molar-refractivity contribution is 1.65. The Labute approximate surface area is 189 Å². The van der Waals surface area contributed by atoms with Crippen molar-refractivity contribution in [1.29, 1.82) is 0 Å². The molecule has 0 amide bonds. The Morgan fingerprint density at radius 2 is 1.00 bits per heavy atom. The second-order valence-electron chi connectivity index (χ2n) is 7.92. The lowest BCUT2D eigenvalue weighted by Gasteiger charge is -2.16. The highest BCUT2D eigenvalue weighted by molar-refractivity contribution is 9.10. The molecular formula is C30H19Br. The zero-order chi connectivity index (χ0) is 20.8. The molecule has 0 N–H and O–H groups in total. The average Bonchev–Trinajstić information content (AvgIpc) is 2.84. The fourth-order valence-electron chi connectivity index (χ4n) is 4.59. The monoisotopic (exact) mass is 458 g/mol. The fraction of sp³-hybridized carbons (Fsp3) is 0. The van der Waals surface area contributed by atoms with Gasteiger partial charge in [-0.15, -0.1) is 0 Å². The molecule has 146 valence electrons. The van der Waals surface area contributed by atoms with Crippen LogP contribution >= 0.6 is 15.9 Å². The number of fused-ring (bicyclic) bond motifs is 3. The Bertz CT molecular complexity index is 1580. The molecule has 0 aliphatic heterocycles. The highest BCUT2D eigenvalue weighted by atomic mass is 79.9. The number of halogens is 1. The summed E-state index contributed by atoms with van der Waals surface area (Å²) in [7, 11) is 0. The molecule has 0 spiro atoms. The molecule has 0 aromatic heterocycles. The minimum atomic E-state index is 1.16. The van der Waals surface area contributed by atoms with E-state index in [2.05, 4.69) is 131 Å². The SMILES string of the molecule is Brc1c2ccccc2c(-c2ccccc2)c2cc(-c3ccc4ccccc4c3)ccc12. The second kappa shape index (κ2) is 7.37. The Morgan fingerprint density at radius 1 is 0.387 bits per heavy atom. The van der Waals surface area contributed by atoms with Crippen LogP contribution in [0.1, 0.15) is 0 Å². The molecule has 0 aliphatic carbocycles. The molecule has 0 bridgehead atoms. The van der Waals surface area contributed by atoms with Gasteiger partial charge in [0.05, 0.1) is 0 Å². The molecule has 31 heavy (non-hydrogen) atoms. The van der Waals surface area contributed by atoms with Crippen molar-refractivity contribution < 1.29 is 0 Å². The molecule has 0 heterocycles. The first-order valence-electron chi connectivity index (χ1n) is 10.5. The maximum Gasteiger partial charge on any atom is 0.0332 e. The molecule has 0 saturated heterocycles. The van der Waals surface area contributed by atoms with Crippen LogP contribution < -0.4 is 0 Å². The van der Waals surface area contributed by atoms with Crippen molar-refractivity contribution in [2.75, 3.05) is 0 Å². The van der Waals surface area contributed by atoms with Crippen LogP contribution in [0.15, 0.2) is 120 Å². The molecule has 6 aromatic carbocycles. The van der Waals surface area contributed by atoms with Crippen molar-refractivity contribution in [3.05, 3.63) is 120 Å². The molecule has 0 saturated carbocycles. The lowest BCUT2D eigenvalue weighted by Crippen LogP contribution is -1.89. The Kier molecular flexibility index (Phi) is 4.36. The number of hydrogen-bond donors (Lipinski definition) is 0. The first kappa shape index (κ1) is 18.4. The number of rotatable bonds is 2. The topological polar surface area (TPSA) is 0 Å². The van der Waals surface area contributed by atoms with Gasteiger partial charge in [0.25, 0.3) is 0 Å². The molecule has 0 atom stereocenters. The van der Waals surface area contributed by atoms with Crippen molar-refractivity contribution >= 4 is 48.2 Å². The molecular weight excluding hydrogens is 440 g/mol. The lowest BCUT2D eigenvalue weighted by atomic mass is 9.90. The normalized spacial score (nSPS) is 11.4. The van der Waals surface area contributed by atoms with Crippen LogP contribution in [-0.4, -0.2) is 0 Å². The summed E-state index contributed by atoms with van der Waals surface area (Å²) in [4.78, 5) is 0. The van der Waals surface area contributed by atoms with Crippen LogP contribution in [0, 0.1) is 0 Å². The summed E-state index contributed by atoms with van der Waals surface area (Å²) in [5.74, 6) is 0. The third kappa shape index (κ3) is 3.05. The van der Waals surface area contributed by atoms with Crippen LogP contribution in [0.25, 0.3) is 54.6 Å². The van der Waals surface area contributed by atoms with Crippen molar-refractivity contribution in [3.8, 4) is 22.3 Å². The third-order valence-electron chi connectivity index (χ3n) is 6.10. The summed E-state index contributed by atoms with van der Waals surface area (Å²) in [6.07, 6.45) is 0. The first-order chi connectivity index (χ1) is 15.3. The van der Waals surface area contributed by atoms with Crippen molar-refractivity contribution in [1.82, 2.24) is 0 Å². The summed E-state index contributed by atoms with van der Waals surface area (Å²) in [5, 5.41) is 7.55. The summed E-state index contributed by atoms with van der Waals surface area (Å²) < 4.78 is 1.16. The summed E-state index contributed by atoms with van der Waals surface area (Å²) in [6.45, 7) is 0. The summed E-state index contributed by atoms with van der Waals surface area (Å²) in [6, 6.07) is 41.5. The van der Waals surface area contributed by atoms with Crippen molar-refractivity contribution in [2.45, 2.75) is 0 Å². The van der Waals surface area contributed by atoms with E-state index in [1.165, 1.54) is 54.6 Å². The van der Waals surface area contributed by atoms with Gasteiger partial charge in [-0.3, -0.25) is 0 Å². The minimum Gasteiger partial charge on any atom is -0.0622 e. The Balaban J connectivity index is 1.69. The predicted octanol–water partition coefficient (Wildman–Crippen LogP) is 9.24. The van der Waals surface area contributed by atoms with Crippen LogP contribution in [-0.2, 0) is 0 Å². The van der Waals surface area contributed by atoms with E-state index in [9.17, 15) is 0 Å². The van der Waals surface area contributed by atoms with Crippen LogP contribution in [0.4, 0.5) is 0 Å². The number of benzene rings is 6. The highest BCUT2D eigenvalue weighted by Crippen LogP contribution is 2.43. The second-order valence-corrected chi connectivity index (χ2v) is 8.72. The molecule has 1 heteroatoms. The highest BCUT2D eigenvalue weighted by Gasteiger charge is 2.14. The van der Waals surface area contributed by atoms with Gasteiger partial charge in [0.2, 0.25) is 0 Å². The van der Waals surface area contributed by atoms with E-state index in [1.807, 2.05) is 0 Å². The van der Waals surface area contributed by atoms with E-state index in [-0.39, 0.29) is 0 Å². The Morgan fingerprint density at radius 3 is 1.84 bits per heavy atom. The maximum atomic E-state index is 3.90. The van der Waals surface area contributed by atoms with E-state index < -0.39 is 0 Å². The molecule has 0 unspecified atom stereocenters. The number of hydrogen-bond acceptors (Lipinski definition) is 0. The molecule has 0 radical (unpaired) electrons. The van der Waals surface area contributed by atoms with Gasteiger partial charge in [0.15, 0.2) is 0 Å². The van der Waals surface area contributed by atoms with Gasteiger partial charge in [-0.25, -0.2) is 0 Å². The van der Waals surface area contributed by atoms with E-state index >= 15 is 0 Å². The zero-order valence-corrected chi connectivity index (χ0v) is 18.4. The fourth-order valence-corrected chi connectivity index (χ4v) is 5.28. The van der Waals surface area contributed by atoms with Gasteiger partial charge in [-0.05, 0) is 82.6 Å². The van der Waals surface area contributed by atoms with Crippen LogP contribution in [0.2, 0.25) is 0 Å². The van der Waals surface area contributed by atoms with Gasteiger partial charge in [0, 0.05) is 4.47 Å². The molecule has 0 aliphatic rings. The largest absolute Gasteiger partial charge is 0.0622 e. The first-order valence-corrected chi connectivity index (χ1v) is 11.3. The molecule has 0 nitrogen and oxygen atoms in total. The van der Waals surface area contributed by atoms with E-state index in [1.54, 1.807) is 0 Å². The predicted molar refractivity (Wildman–Crippen MR) is 138 cm³/mol. The third-order valence-corrected chi connectivity index (χ3v) is 6.96. The summed E-state index contributed by atoms with van der Waals surface area (Å²) >= 11 is 3.90. The average molecular weight is 459 g/mol. The smallest absolute Gasteiger partial charge is 0.0332 e. The maximum absolute atomic E-state index is 3.90. The molecule has 6 aromatic rings. The van der Waals surface area contributed by atoms with Crippen LogP contribution in [0.3, 0.4) is 0 Å². The van der Waals surface area contributed by atoms with Gasteiger partial charge >= 0.3 is 0 Å². The zero-order valence-electron chi connectivity index (χ0n) is 16.8. The quantitative estimate of drug-likeness (QED) is 0.226. The minimum absolute atomic E-state index is 1.16. The molecule has 6 rings (SSSR count). The Hall–Kier alpha value is -3.42. The van der Waals surface area contributed by atoms with Gasteiger partial charge in [-0.1, -0.05) is 103 Å². The van der Waals surface area contributed by atoms with E-state index in [0.29, 0.717) is 0 Å². The van der Waals surface area contributed by atoms with Gasteiger partial charge in [-0.2, -0.15) is 0 Å². The van der Waals surface area contributed by atoms with Gasteiger partial charge in [0.1, 0.15) is 0 Å². The van der Waals surface area contributed by atoms with Crippen molar-refractivity contribution in [2.24, 2.45) is 0 Å². The van der Waals surface area contributed by atoms with Crippen LogP contribution in [0.5, 0.6) is 0 Å².